The summed E-state index contributed by atoms with van der Waals surface area (Å²) in [5.41, 5.74) is 0.632. The van der Waals surface area contributed by atoms with E-state index in [2.05, 4.69) is 10.1 Å². The number of rotatable bonds is 7. The summed E-state index contributed by atoms with van der Waals surface area (Å²) < 4.78 is 40.2. The standard InChI is InChI=1S/C18H18F3NO3S/c1-11-3-9-16(26-11)15(23)8-10-17(24)22-12(2)13-4-6-14(7-5-13)25-18(19,20)21/h3-7,9,12H,8,10H2,1-2H3,(H,22,24). The number of aryl methyl sites for hydroxylation is 1. The van der Waals surface area contributed by atoms with Gasteiger partial charge in [-0.3, -0.25) is 9.59 Å². The number of hydrogen-bond donors (Lipinski definition) is 1. The molecule has 2 aromatic rings. The summed E-state index contributed by atoms with van der Waals surface area (Å²) in [4.78, 5) is 25.6. The number of carbonyl (C=O) groups is 2. The van der Waals surface area contributed by atoms with Crippen molar-refractivity contribution in [3.8, 4) is 5.75 Å². The predicted octanol–water partition coefficient (Wildman–Crippen LogP) is 4.80. The van der Waals surface area contributed by atoms with Gasteiger partial charge in [-0.1, -0.05) is 12.1 Å². The van der Waals surface area contributed by atoms with Gasteiger partial charge in [0.05, 0.1) is 10.9 Å². The molecule has 0 fully saturated rings. The van der Waals surface area contributed by atoms with Gasteiger partial charge in [0.2, 0.25) is 5.91 Å². The molecule has 1 heterocycles. The average molecular weight is 385 g/mol. The minimum Gasteiger partial charge on any atom is -0.406 e. The van der Waals surface area contributed by atoms with Crippen LogP contribution in [0.4, 0.5) is 13.2 Å². The van der Waals surface area contributed by atoms with Crippen LogP contribution in [0.2, 0.25) is 0 Å². The fraction of sp³-hybridized carbons (Fsp3) is 0.333. The highest BCUT2D eigenvalue weighted by molar-refractivity contribution is 7.14. The zero-order chi connectivity index (χ0) is 19.3. The lowest BCUT2D eigenvalue weighted by molar-refractivity contribution is -0.274. The highest BCUT2D eigenvalue weighted by Crippen LogP contribution is 2.24. The van der Waals surface area contributed by atoms with Crippen molar-refractivity contribution < 1.29 is 27.5 Å². The minimum absolute atomic E-state index is 0.0510. The smallest absolute Gasteiger partial charge is 0.406 e. The van der Waals surface area contributed by atoms with Gasteiger partial charge in [0.15, 0.2) is 5.78 Å². The number of amides is 1. The van der Waals surface area contributed by atoms with Gasteiger partial charge in [0, 0.05) is 17.7 Å². The Labute approximate surface area is 153 Å². The number of ketones is 1. The van der Waals surface area contributed by atoms with Crippen molar-refractivity contribution in [2.24, 2.45) is 0 Å². The van der Waals surface area contributed by atoms with Crippen LogP contribution >= 0.6 is 11.3 Å². The van der Waals surface area contributed by atoms with E-state index in [-0.39, 0.29) is 30.3 Å². The third kappa shape index (κ3) is 6.18. The van der Waals surface area contributed by atoms with E-state index in [1.54, 1.807) is 13.0 Å². The number of carbonyl (C=O) groups excluding carboxylic acids is 2. The molecule has 2 rings (SSSR count). The molecule has 4 nitrogen and oxygen atoms in total. The number of thiophene rings is 1. The maximum atomic E-state index is 12.1. The highest BCUT2D eigenvalue weighted by atomic mass is 32.1. The van der Waals surface area contributed by atoms with Crippen molar-refractivity contribution in [3.63, 3.8) is 0 Å². The van der Waals surface area contributed by atoms with E-state index in [1.165, 1.54) is 35.6 Å². The minimum atomic E-state index is -4.74. The lowest BCUT2D eigenvalue weighted by Gasteiger charge is -2.15. The lowest BCUT2D eigenvalue weighted by Crippen LogP contribution is -2.27. The van der Waals surface area contributed by atoms with E-state index < -0.39 is 12.4 Å². The first-order valence-electron chi connectivity index (χ1n) is 7.89. The molecule has 1 N–H and O–H groups in total. The Kier molecular flexibility index (Phi) is 6.42. The third-order valence-corrected chi connectivity index (χ3v) is 4.63. The van der Waals surface area contributed by atoms with Crippen molar-refractivity contribution in [3.05, 3.63) is 51.7 Å². The Morgan fingerprint density at radius 1 is 1.12 bits per heavy atom. The first kappa shape index (κ1) is 20.0. The molecule has 0 saturated heterocycles. The lowest BCUT2D eigenvalue weighted by atomic mass is 10.1. The van der Waals surface area contributed by atoms with Gasteiger partial charge in [-0.2, -0.15) is 0 Å². The van der Waals surface area contributed by atoms with Gasteiger partial charge in [-0.05, 0) is 43.7 Å². The SMILES string of the molecule is Cc1ccc(C(=O)CCC(=O)NC(C)c2ccc(OC(F)(F)F)cc2)s1. The quantitative estimate of drug-likeness (QED) is 0.697. The normalized spacial score (nSPS) is 12.5. The van der Waals surface area contributed by atoms with E-state index in [9.17, 15) is 22.8 Å². The van der Waals surface area contributed by atoms with Crippen LogP contribution in [0.3, 0.4) is 0 Å². The van der Waals surface area contributed by atoms with E-state index in [1.807, 2.05) is 13.0 Å². The zero-order valence-corrected chi connectivity index (χ0v) is 15.0. The van der Waals surface area contributed by atoms with Crippen molar-refractivity contribution in [1.82, 2.24) is 5.32 Å². The Morgan fingerprint density at radius 2 is 1.77 bits per heavy atom. The van der Waals surface area contributed by atoms with Gasteiger partial charge in [-0.15, -0.1) is 24.5 Å². The van der Waals surface area contributed by atoms with Gasteiger partial charge >= 0.3 is 6.36 Å². The molecule has 0 bridgehead atoms. The second kappa shape index (κ2) is 8.35. The molecule has 1 unspecified atom stereocenters. The van der Waals surface area contributed by atoms with Crippen LogP contribution in [0.5, 0.6) is 5.75 Å². The van der Waals surface area contributed by atoms with E-state index in [0.717, 1.165) is 4.88 Å². The topological polar surface area (TPSA) is 55.4 Å². The molecule has 0 saturated carbocycles. The molecule has 0 aliphatic rings. The summed E-state index contributed by atoms with van der Waals surface area (Å²) in [5.74, 6) is -0.703. The number of ether oxygens (including phenoxy) is 1. The van der Waals surface area contributed by atoms with Crippen LogP contribution in [0.15, 0.2) is 36.4 Å². The van der Waals surface area contributed by atoms with Crippen LogP contribution in [-0.4, -0.2) is 18.1 Å². The second-order valence-corrected chi connectivity index (χ2v) is 7.03. The maximum absolute atomic E-state index is 12.1. The first-order valence-corrected chi connectivity index (χ1v) is 8.70. The average Bonchev–Trinajstić information content (AvgIpc) is 2.98. The molecule has 0 radical (unpaired) electrons. The van der Waals surface area contributed by atoms with Crippen molar-refractivity contribution in [2.75, 3.05) is 0 Å². The summed E-state index contributed by atoms with van der Waals surface area (Å²) in [6.07, 6.45) is -4.58. The number of hydrogen-bond acceptors (Lipinski definition) is 4. The fourth-order valence-electron chi connectivity index (χ4n) is 2.29. The molecule has 1 atom stereocenters. The first-order chi connectivity index (χ1) is 12.1. The molecule has 26 heavy (non-hydrogen) atoms. The van der Waals surface area contributed by atoms with Crippen LogP contribution < -0.4 is 10.1 Å². The van der Waals surface area contributed by atoms with Crippen molar-refractivity contribution >= 4 is 23.0 Å². The number of halogens is 3. The summed E-state index contributed by atoms with van der Waals surface area (Å²) >= 11 is 1.39. The van der Waals surface area contributed by atoms with Crippen molar-refractivity contribution in [2.45, 2.75) is 39.1 Å². The van der Waals surface area contributed by atoms with Crippen LogP contribution in [-0.2, 0) is 4.79 Å². The molecule has 1 amide bonds. The number of benzene rings is 1. The zero-order valence-electron chi connectivity index (χ0n) is 14.2. The molecule has 8 heteroatoms. The number of Topliss-reactive ketones (excluding diaryl/α,β-unsaturated/α-hetero) is 1. The second-order valence-electron chi connectivity index (χ2n) is 5.74. The molecule has 0 aliphatic heterocycles. The Bertz CT molecular complexity index is 769. The summed E-state index contributed by atoms with van der Waals surface area (Å²) in [7, 11) is 0. The van der Waals surface area contributed by atoms with Gasteiger partial charge < -0.3 is 10.1 Å². The maximum Gasteiger partial charge on any atom is 0.573 e. The molecule has 0 spiro atoms. The summed E-state index contributed by atoms with van der Waals surface area (Å²) in [6.45, 7) is 3.61. The fourth-order valence-corrected chi connectivity index (χ4v) is 3.12. The number of nitrogens with one attached hydrogen (secondary N) is 1. The van der Waals surface area contributed by atoms with Gasteiger partial charge in [0.1, 0.15) is 5.75 Å². The van der Waals surface area contributed by atoms with E-state index in [0.29, 0.717) is 10.4 Å². The van der Waals surface area contributed by atoms with Crippen LogP contribution in [0, 0.1) is 6.92 Å². The Morgan fingerprint density at radius 3 is 2.31 bits per heavy atom. The third-order valence-electron chi connectivity index (χ3n) is 3.59. The summed E-state index contributed by atoms with van der Waals surface area (Å²) in [6, 6.07) is 8.47. The molecule has 1 aromatic heterocycles. The Hall–Kier alpha value is -2.35. The Balaban J connectivity index is 1.83. The van der Waals surface area contributed by atoms with Gasteiger partial charge in [0.25, 0.3) is 0 Å². The predicted molar refractivity (Wildman–Crippen MR) is 92.3 cm³/mol. The molecule has 0 aliphatic carbocycles. The van der Waals surface area contributed by atoms with Crippen LogP contribution in [0.25, 0.3) is 0 Å². The van der Waals surface area contributed by atoms with Crippen molar-refractivity contribution in [1.29, 1.82) is 0 Å². The number of alkyl halides is 3. The monoisotopic (exact) mass is 385 g/mol. The molecular weight excluding hydrogens is 367 g/mol. The van der Waals surface area contributed by atoms with E-state index >= 15 is 0 Å². The van der Waals surface area contributed by atoms with Crippen LogP contribution in [0.1, 0.15) is 45.9 Å². The molecule has 140 valence electrons. The van der Waals surface area contributed by atoms with Gasteiger partial charge in [-0.25, -0.2) is 0 Å². The van der Waals surface area contributed by atoms with E-state index in [4.69, 9.17) is 0 Å². The largest absolute Gasteiger partial charge is 0.573 e. The molecule has 1 aromatic carbocycles. The molecular formula is C18H18F3NO3S. The highest BCUT2D eigenvalue weighted by Gasteiger charge is 2.31. The summed E-state index contributed by atoms with van der Waals surface area (Å²) in [5, 5.41) is 2.73.